The summed E-state index contributed by atoms with van der Waals surface area (Å²) < 4.78 is 70.2. The lowest BCUT2D eigenvalue weighted by Gasteiger charge is -2.28. The number of halogens is 4. The summed E-state index contributed by atoms with van der Waals surface area (Å²) in [6.45, 7) is -2.76. The van der Waals surface area contributed by atoms with Crippen molar-refractivity contribution in [3.8, 4) is 11.5 Å². The maximum Gasteiger partial charge on any atom is 0.387 e. The molecule has 2 unspecified atom stereocenters. The van der Waals surface area contributed by atoms with E-state index in [0.717, 1.165) is 28.9 Å². The van der Waals surface area contributed by atoms with Gasteiger partial charge in [0.05, 0.1) is 21.6 Å². The lowest BCUT2D eigenvalue weighted by Crippen LogP contribution is -3.03. The molecule has 16 heteroatoms. The van der Waals surface area contributed by atoms with Crippen molar-refractivity contribution < 1.29 is 41.3 Å². The number of esters is 1. The number of thioether (sulfide) groups is 1. The van der Waals surface area contributed by atoms with E-state index in [1.807, 2.05) is 0 Å². The highest BCUT2D eigenvalue weighted by Crippen LogP contribution is 2.40. The highest BCUT2D eigenvalue weighted by atomic mass is 35.5. The lowest BCUT2D eigenvalue weighted by atomic mass is 9.99. The number of benzene rings is 1. The van der Waals surface area contributed by atoms with Crippen LogP contribution in [0.25, 0.3) is 0 Å². The van der Waals surface area contributed by atoms with Gasteiger partial charge in [0.25, 0.3) is 0 Å². The van der Waals surface area contributed by atoms with Gasteiger partial charge >= 0.3 is 12.6 Å². The van der Waals surface area contributed by atoms with Crippen LogP contribution in [0.1, 0.15) is 30.9 Å². The Morgan fingerprint density at radius 3 is 2.67 bits per heavy atom. The number of hydroxylamine groups is 2. The molecule has 2 aromatic rings. The molecule has 3 aliphatic rings. The zero-order chi connectivity index (χ0) is 30.0. The number of alkyl halides is 2. The number of nitrogens with one attached hydrogen (secondary N) is 1. The molecule has 2 fully saturated rings. The monoisotopic (exact) mass is 682 g/mol. The molecule has 0 radical (unpaired) electrons. The summed E-state index contributed by atoms with van der Waals surface area (Å²) in [4.78, 5) is 13.7. The van der Waals surface area contributed by atoms with Crippen molar-refractivity contribution in [1.29, 1.82) is 0 Å². The van der Waals surface area contributed by atoms with Crippen LogP contribution in [0.5, 0.6) is 11.5 Å². The highest BCUT2D eigenvalue weighted by molar-refractivity contribution is 8.02. The van der Waals surface area contributed by atoms with Gasteiger partial charge in [-0.3, -0.25) is 0 Å². The summed E-state index contributed by atoms with van der Waals surface area (Å²) in [6.07, 6.45) is 2.00. The molecule has 0 spiro atoms. The molecule has 42 heavy (non-hydrogen) atoms. The van der Waals surface area contributed by atoms with E-state index in [1.54, 1.807) is 5.38 Å². The number of allylic oxidation sites excluding steroid dienone is 1. The molecule has 5 rings (SSSR count). The Bertz CT molecular complexity index is 1470. The van der Waals surface area contributed by atoms with Gasteiger partial charge in [0.2, 0.25) is 10.0 Å². The van der Waals surface area contributed by atoms with E-state index in [0.29, 0.717) is 29.4 Å². The van der Waals surface area contributed by atoms with Crippen LogP contribution in [0.4, 0.5) is 8.78 Å². The minimum absolute atomic E-state index is 0.0400. The first-order chi connectivity index (χ1) is 20.0. The minimum atomic E-state index is -3.96. The van der Waals surface area contributed by atoms with E-state index in [1.165, 1.54) is 47.2 Å². The average Bonchev–Trinajstić information content (AvgIpc) is 3.36. The van der Waals surface area contributed by atoms with E-state index in [2.05, 4.69) is 4.74 Å². The van der Waals surface area contributed by atoms with Crippen LogP contribution in [-0.4, -0.2) is 56.1 Å². The molecule has 2 aliphatic heterocycles. The van der Waals surface area contributed by atoms with Crippen LogP contribution in [0.15, 0.2) is 61.8 Å². The van der Waals surface area contributed by atoms with Crippen LogP contribution in [0.2, 0.25) is 0 Å². The topological polar surface area (TPSA) is 110 Å². The second kappa shape index (κ2) is 13.4. The Morgan fingerprint density at radius 2 is 2.00 bits per heavy atom. The molecule has 1 saturated carbocycles. The molecule has 3 atom stereocenters. The standard InChI is InChI=1S/C26H26Cl2F2N2O7S3/c27-19-11-31(34)12-20(28)18(19)10-22(16-3-4-21(39-26(29)30)23(9-16)37-13-15-1-2-15)38-25(33)24-32(6-8-41-24)42(35,36)17-5-7-40-14-17/h3-5,7,9,11,14-15,22,24,26,31H,1-2,6,8,10,12-13H2/t22-,24?/m0/s1. The molecule has 1 N–H and O–H groups in total. The Hall–Kier alpha value is -1.91. The first-order valence-corrected chi connectivity index (χ1v) is 17.1. The van der Waals surface area contributed by atoms with Crippen molar-refractivity contribution in [3.05, 3.63) is 67.6 Å². The second-order valence-electron chi connectivity index (χ2n) is 9.79. The maximum atomic E-state index is 13.6. The number of rotatable bonds is 12. The van der Waals surface area contributed by atoms with Crippen LogP contribution in [-0.2, 0) is 19.6 Å². The van der Waals surface area contributed by atoms with Gasteiger partial charge in [-0.2, -0.15) is 24.4 Å². The number of nitrogens with zero attached hydrogens (tertiary/aromatic N) is 1. The summed E-state index contributed by atoms with van der Waals surface area (Å²) in [7, 11) is -3.96. The predicted molar refractivity (Wildman–Crippen MR) is 155 cm³/mol. The van der Waals surface area contributed by atoms with Gasteiger partial charge < -0.3 is 24.5 Å². The van der Waals surface area contributed by atoms with Crippen LogP contribution in [0.3, 0.4) is 0 Å². The predicted octanol–water partition coefficient (Wildman–Crippen LogP) is 4.85. The van der Waals surface area contributed by atoms with Gasteiger partial charge in [-0.1, -0.05) is 29.3 Å². The van der Waals surface area contributed by atoms with Gasteiger partial charge in [0, 0.05) is 29.7 Å². The van der Waals surface area contributed by atoms with E-state index in [4.69, 9.17) is 32.7 Å². The fraction of sp³-hybridized carbons (Fsp3) is 0.423. The number of carbonyl (C=O) groups excluding carboxylic acids is 1. The smallest absolute Gasteiger partial charge is 0.387 e. The minimum Gasteiger partial charge on any atom is -0.629 e. The molecule has 1 aromatic heterocycles. The van der Waals surface area contributed by atoms with Crippen molar-refractivity contribution in [2.75, 3.05) is 25.4 Å². The van der Waals surface area contributed by atoms with Crippen molar-refractivity contribution in [1.82, 2.24) is 4.31 Å². The number of carbonyl (C=O) groups is 1. The van der Waals surface area contributed by atoms with E-state index >= 15 is 0 Å². The van der Waals surface area contributed by atoms with Crippen molar-refractivity contribution >= 4 is 62.3 Å². The van der Waals surface area contributed by atoms with Crippen LogP contribution in [0, 0.1) is 11.1 Å². The van der Waals surface area contributed by atoms with Gasteiger partial charge in [-0.25, -0.2) is 13.2 Å². The van der Waals surface area contributed by atoms with Gasteiger partial charge in [0.1, 0.15) is 18.8 Å². The quantitative estimate of drug-likeness (QED) is 0.250. The Labute approximate surface area is 259 Å². The van der Waals surface area contributed by atoms with Gasteiger partial charge in [-0.05, 0) is 47.9 Å². The van der Waals surface area contributed by atoms with Crippen LogP contribution < -0.4 is 14.5 Å². The lowest BCUT2D eigenvalue weighted by molar-refractivity contribution is -0.785. The van der Waals surface area contributed by atoms with E-state index in [-0.39, 0.29) is 51.0 Å². The molecule has 1 aromatic carbocycles. The Morgan fingerprint density at radius 1 is 1.21 bits per heavy atom. The third kappa shape index (κ3) is 7.41. The fourth-order valence-electron chi connectivity index (χ4n) is 4.43. The van der Waals surface area contributed by atoms with E-state index in [9.17, 15) is 27.2 Å². The number of ether oxygens (including phenoxy) is 3. The summed E-state index contributed by atoms with van der Waals surface area (Å²) in [6, 6.07) is 5.65. The first-order valence-electron chi connectivity index (χ1n) is 12.9. The number of sulfonamides is 1. The molecule has 0 amide bonds. The molecular formula is C26H26Cl2F2N2O7S3. The number of hydrogen-bond acceptors (Lipinski definition) is 9. The average molecular weight is 684 g/mol. The Balaban J connectivity index is 1.46. The second-order valence-corrected chi connectivity index (χ2v) is 14.5. The van der Waals surface area contributed by atoms with Crippen molar-refractivity contribution in [2.45, 2.75) is 42.2 Å². The van der Waals surface area contributed by atoms with Crippen molar-refractivity contribution in [2.24, 2.45) is 5.92 Å². The summed E-state index contributed by atoms with van der Waals surface area (Å²) in [5.74, 6) is -0.279. The number of quaternary nitrogens is 1. The zero-order valence-electron chi connectivity index (χ0n) is 21.8. The SMILES string of the molecule is O=C(O[C@@H](CC1=C(Cl)C[NH+]([O-])C=C1Cl)c1ccc(OC(F)F)c(OCC2CC2)c1)C1SCCN1S(=O)(=O)c1ccsc1. The molecule has 1 saturated heterocycles. The Kier molecular flexibility index (Phi) is 10.0. The largest absolute Gasteiger partial charge is 0.629 e. The first kappa shape index (κ1) is 31.5. The maximum absolute atomic E-state index is 13.6. The number of thiophene rings is 1. The van der Waals surface area contributed by atoms with E-state index < -0.39 is 34.1 Å². The van der Waals surface area contributed by atoms with Crippen molar-refractivity contribution in [3.63, 3.8) is 0 Å². The molecule has 9 nitrogen and oxygen atoms in total. The zero-order valence-corrected chi connectivity index (χ0v) is 25.8. The van der Waals surface area contributed by atoms with Gasteiger partial charge in [-0.15, -0.1) is 11.8 Å². The summed E-state index contributed by atoms with van der Waals surface area (Å²) in [5.41, 5.74) is 0.718. The summed E-state index contributed by atoms with van der Waals surface area (Å²) >= 11 is 15.1. The van der Waals surface area contributed by atoms with Gasteiger partial charge in [0.15, 0.2) is 16.9 Å². The third-order valence-corrected chi connectivity index (χ3v) is 11.5. The normalized spacial score (nSPS) is 22.3. The highest BCUT2D eigenvalue weighted by Gasteiger charge is 2.42. The molecule has 228 valence electrons. The van der Waals surface area contributed by atoms with Crippen LogP contribution >= 0.6 is 46.3 Å². The fourth-order valence-corrected chi connectivity index (χ4v) is 9.17. The molecule has 0 bridgehead atoms. The molecule has 1 aliphatic carbocycles. The third-order valence-electron chi connectivity index (χ3n) is 6.76. The summed E-state index contributed by atoms with van der Waals surface area (Å²) in [5, 5.41) is 13.9. The molecular weight excluding hydrogens is 657 g/mol. The number of hydrogen-bond donors (Lipinski definition) is 1. The molecule has 3 heterocycles.